The number of carboxylic acid groups (broad SMARTS) is 1. The Morgan fingerprint density at radius 3 is 2.23 bits per heavy atom. The Labute approximate surface area is 79.7 Å². The lowest BCUT2D eigenvalue weighted by Gasteiger charge is -2.48. The predicted octanol–water partition coefficient (Wildman–Crippen LogP) is 1.44. The minimum atomic E-state index is -0.711. The quantitative estimate of drug-likeness (QED) is 0.723. The van der Waals surface area contributed by atoms with Gasteiger partial charge >= 0.3 is 5.97 Å². The van der Waals surface area contributed by atoms with Gasteiger partial charge in [0.1, 0.15) is 0 Å². The van der Waals surface area contributed by atoms with E-state index >= 15 is 0 Å². The van der Waals surface area contributed by atoms with E-state index in [1.54, 1.807) is 13.8 Å². The van der Waals surface area contributed by atoms with Crippen molar-refractivity contribution in [1.29, 1.82) is 0 Å². The minimum absolute atomic E-state index is 0.384. The maximum Gasteiger partial charge on any atom is 0.310 e. The van der Waals surface area contributed by atoms with Crippen LogP contribution in [0.4, 0.5) is 0 Å². The Balaban J connectivity index is 2.40. The molecule has 1 aliphatic rings. The van der Waals surface area contributed by atoms with Gasteiger partial charge in [-0.1, -0.05) is 13.8 Å². The van der Waals surface area contributed by atoms with Gasteiger partial charge in [-0.25, -0.2) is 0 Å². The topological polar surface area (TPSA) is 40.5 Å². The molecular formula is C10H19NO2. The molecule has 1 N–H and O–H groups in total. The van der Waals surface area contributed by atoms with Crippen LogP contribution in [0.15, 0.2) is 0 Å². The van der Waals surface area contributed by atoms with Gasteiger partial charge in [-0.2, -0.15) is 0 Å². The Kier molecular flexibility index (Phi) is 2.41. The lowest BCUT2D eigenvalue weighted by Crippen LogP contribution is -2.56. The highest BCUT2D eigenvalue weighted by atomic mass is 16.4. The Bertz CT molecular complexity index is 213. The molecule has 0 spiro atoms. The molecule has 0 aliphatic carbocycles. The lowest BCUT2D eigenvalue weighted by atomic mass is 9.81. The highest BCUT2D eigenvalue weighted by Gasteiger charge is 2.39. The van der Waals surface area contributed by atoms with E-state index in [1.165, 1.54) is 0 Å². The van der Waals surface area contributed by atoms with Crippen molar-refractivity contribution in [1.82, 2.24) is 4.90 Å². The first kappa shape index (κ1) is 10.5. The van der Waals surface area contributed by atoms with E-state index in [0.717, 1.165) is 13.1 Å². The van der Waals surface area contributed by atoms with Crippen molar-refractivity contribution < 1.29 is 9.90 Å². The fourth-order valence-electron chi connectivity index (χ4n) is 1.90. The highest BCUT2D eigenvalue weighted by Crippen LogP contribution is 2.31. The third-order valence-electron chi connectivity index (χ3n) is 2.50. The summed E-state index contributed by atoms with van der Waals surface area (Å²) >= 11 is 0. The molecule has 13 heavy (non-hydrogen) atoms. The molecule has 0 atom stereocenters. The number of hydrogen-bond acceptors (Lipinski definition) is 2. The van der Waals surface area contributed by atoms with Gasteiger partial charge in [0.05, 0.1) is 5.41 Å². The van der Waals surface area contributed by atoms with Crippen LogP contribution in [0.5, 0.6) is 0 Å². The van der Waals surface area contributed by atoms with Crippen LogP contribution < -0.4 is 0 Å². The van der Waals surface area contributed by atoms with E-state index in [-0.39, 0.29) is 0 Å². The lowest BCUT2D eigenvalue weighted by molar-refractivity contribution is -0.149. The molecule has 0 saturated carbocycles. The number of likely N-dealkylation sites (tertiary alicyclic amines) is 1. The maximum absolute atomic E-state index is 10.8. The maximum atomic E-state index is 10.8. The number of nitrogens with zero attached hydrogens (tertiary/aromatic N) is 1. The third kappa shape index (κ3) is 2.44. The first-order chi connectivity index (χ1) is 5.73. The molecule has 0 aromatic heterocycles. The summed E-state index contributed by atoms with van der Waals surface area (Å²) < 4.78 is 0. The first-order valence-corrected chi connectivity index (χ1v) is 4.69. The summed E-state index contributed by atoms with van der Waals surface area (Å²) in [6.07, 6.45) is 0. The molecule has 0 bridgehead atoms. The van der Waals surface area contributed by atoms with E-state index in [4.69, 9.17) is 5.11 Å². The van der Waals surface area contributed by atoms with Gasteiger partial charge in [0, 0.05) is 19.6 Å². The fourth-order valence-corrected chi connectivity index (χ4v) is 1.90. The van der Waals surface area contributed by atoms with Gasteiger partial charge in [0.2, 0.25) is 0 Å². The highest BCUT2D eigenvalue weighted by molar-refractivity contribution is 5.73. The molecule has 0 radical (unpaired) electrons. The Morgan fingerprint density at radius 1 is 1.46 bits per heavy atom. The summed E-state index contributed by atoms with van der Waals surface area (Å²) in [6.45, 7) is 10.7. The number of hydrogen-bond donors (Lipinski definition) is 1. The zero-order valence-corrected chi connectivity index (χ0v) is 8.92. The molecule has 1 heterocycles. The van der Waals surface area contributed by atoms with Crippen LogP contribution in [0, 0.1) is 10.8 Å². The zero-order chi connectivity index (χ0) is 10.3. The van der Waals surface area contributed by atoms with E-state index < -0.39 is 11.4 Å². The average molecular weight is 185 g/mol. The molecule has 1 saturated heterocycles. The Morgan fingerprint density at radius 2 is 1.92 bits per heavy atom. The van der Waals surface area contributed by atoms with Crippen LogP contribution in [0.2, 0.25) is 0 Å². The first-order valence-electron chi connectivity index (χ1n) is 4.69. The standard InChI is InChI=1S/C10H19NO2/c1-9(2)5-11(6-9)7-10(3,4)8(12)13/h5-7H2,1-4H3,(H,12,13). The minimum Gasteiger partial charge on any atom is -0.481 e. The van der Waals surface area contributed by atoms with Crippen molar-refractivity contribution in [2.45, 2.75) is 27.7 Å². The van der Waals surface area contributed by atoms with Crippen LogP contribution >= 0.6 is 0 Å². The van der Waals surface area contributed by atoms with Gasteiger partial charge in [-0.05, 0) is 19.3 Å². The Hall–Kier alpha value is -0.570. The van der Waals surface area contributed by atoms with Crippen LogP contribution in [-0.4, -0.2) is 35.6 Å². The molecule has 3 nitrogen and oxygen atoms in total. The van der Waals surface area contributed by atoms with Crippen molar-refractivity contribution in [3.8, 4) is 0 Å². The summed E-state index contributed by atoms with van der Waals surface area (Å²) in [5.41, 5.74) is -0.231. The second-order valence-electron chi connectivity index (χ2n) is 5.50. The number of carbonyl (C=O) groups is 1. The van der Waals surface area contributed by atoms with Crippen molar-refractivity contribution >= 4 is 5.97 Å². The monoisotopic (exact) mass is 185 g/mol. The average Bonchev–Trinajstić information content (AvgIpc) is 1.81. The number of rotatable bonds is 3. The van der Waals surface area contributed by atoms with Gasteiger partial charge in [0.25, 0.3) is 0 Å². The summed E-state index contributed by atoms with van der Waals surface area (Å²) in [5, 5.41) is 8.91. The molecule has 3 heteroatoms. The van der Waals surface area contributed by atoms with Crippen molar-refractivity contribution in [3.05, 3.63) is 0 Å². The van der Waals surface area contributed by atoms with E-state index in [0.29, 0.717) is 12.0 Å². The molecule has 1 aliphatic heterocycles. The SMILES string of the molecule is CC1(C)CN(CC(C)(C)C(=O)O)C1. The molecule has 1 fully saturated rings. The molecule has 0 aromatic rings. The fraction of sp³-hybridized carbons (Fsp3) is 0.900. The molecule has 76 valence electrons. The van der Waals surface area contributed by atoms with E-state index in [1.807, 2.05) is 0 Å². The third-order valence-corrected chi connectivity index (χ3v) is 2.50. The zero-order valence-electron chi connectivity index (χ0n) is 8.92. The van der Waals surface area contributed by atoms with Gasteiger partial charge in [0.15, 0.2) is 0 Å². The van der Waals surface area contributed by atoms with Crippen molar-refractivity contribution in [3.63, 3.8) is 0 Å². The second kappa shape index (κ2) is 2.98. The van der Waals surface area contributed by atoms with Crippen molar-refractivity contribution in [2.24, 2.45) is 10.8 Å². The van der Waals surface area contributed by atoms with Crippen LogP contribution in [0.3, 0.4) is 0 Å². The van der Waals surface area contributed by atoms with Gasteiger partial charge in [-0.15, -0.1) is 0 Å². The second-order valence-corrected chi connectivity index (χ2v) is 5.50. The smallest absolute Gasteiger partial charge is 0.310 e. The molecule has 0 unspecified atom stereocenters. The molecule has 0 aromatic carbocycles. The summed E-state index contributed by atoms with van der Waals surface area (Å²) in [6, 6.07) is 0. The number of carboxylic acids is 1. The normalized spacial score (nSPS) is 22.5. The molecular weight excluding hydrogens is 166 g/mol. The number of aliphatic carboxylic acids is 1. The molecule has 0 amide bonds. The van der Waals surface area contributed by atoms with E-state index in [9.17, 15) is 4.79 Å². The van der Waals surface area contributed by atoms with Crippen molar-refractivity contribution in [2.75, 3.05) is 19.6 Å². The predicted molar refractivity (Wildman–Crippen MR) is 51.6 cm³/mol. The van der Waals surface area contributed by atoms with E-state index in [2.05, 4.69) is 18.7 Å². The largest absolute Gasteiger partial charge is 0.481 e. The van der Waals surface area contributed by atoms with Crippen LogP contribution in [0.1, 0.15) is 27.7 Å². The van der Waals surface area contributed by atoms with Gasteiger partial charge in [-0.3, -0.25) is 4.79 Å². The summed E-state index contributed by atoms with van der Waals surface area (Å²) in [4.78, 5) is 13.0. The summed E-state index contributed by atoms with van der Waals surface area (Å²) in [5.74, 6) is -0.711. The summed E-state index contributed by atoms with van der Waals surface area (Å²) in [7, 11) is 0. The molecule has 1 rings (SSSR count). The van der Waals surface area contributed by atoms with Crippen LogP contribution in [0.25, 0.3) is 0 Å². The van der Waals surface area contributed by atoms with Gasteiger partial charge < -0.3 is 10.0 Å². The van der Waals surface area contributed by atoms with Crippen LogP contribution in [-0.2, 0) is 4.79 Å².